The van der Waals surface area contributed by atoms with Gasteiger partial charge in [-0.05, 0) is 17.7 Å². The third kappa shape index (κ3) is 3.48. The Morgan fingerprint density at radius 1 is 1.29 bits per heavy atom. The van der Waals surface area contributed by atoms with Crippen LogP contribution in [0.5, 0.6) is 0 Å². The van der Waals surface area contributed by atoms with Crippen LogP contribution in [-0.2, 0) is 30.0 Å². The van der Waals surface area contributed by atoms with Crippen molar-refractivity contribution in [1.82, 2.24) is 14.1 Å². The molecule has 0 unspecified atom stereocenters. The SMILES string of the molecule is CN(Cc1cnn(C)c1)S(=O)(=O)c1ccc(CC#N)cc1. The fourth-order valence-corrected chi connectivity index (χ4v) is 3.11. The first kappa shape index (κ1) is 15.2. The molecule has 6 nitrogen and oxygen atoms in total. The highest BCUT2D eigenvalue weighted by Gasteiger charge is 2.21. The van der Waals surface area contributed by atoms with E-state index in [9.17, 15) is 8.42 Å². The normalized spacial score (nSPS) is 11.5. The molecule has 2 rings (SSSR count). The van der Waals surface area contributed by atoms with Crippen LogP contribution in [0.1, 0.15) is 11.1 Å². The second-order valence-electron chi connectivity index (χ2n) is 4.76. The van der Waals surface area contributed by atoms with Gasteiger partial charge in [-0.2, -0.15) is 14.7 Å². The maximum atomic E-state index is 12.4. The Bertz CT molecular complexity index is 757. The Morgan fingerprint density at radius 3 is 2.48 bits per heavy atom. The first-order valence-electron chi connectivity index (χ1n) is 6.33. The number of rotatable bonds is 5. The van der Waals surface area contributed by atoms with Gasteiger partial charge >= 0.3 is 0 Å². The average molecular weight is 304 g/mol. The lowest BCUT2D eigenvalue weighted by Gasteiger charge is -2.16. The van der Waals surface area contributed by atoms with Gasteiger partial charge in [0.25, 0.3) is 0 Å². The van der Waals surface area contributed by atoms with Crippen molar-refractivity contribution in [3.05, 3.63) is 47.8 Å². The lowest BCUT2D eigenvalue weighted by Crippen LogP contribution is -2.26. The fraction of sp³-hybridized carbons (Fsp3) is 0.286. The van der Waals surface area contributed by atoms with Crippen LogP contribution < -0.4 is 0 Å². The minimum absolute atomic E-state index is 0.218. The van der Waals surface area contributed by atoms with Crippen molar-refractivity contribution in [3.63, 3.8) is 0 Å². The van der Waals surface area contributed by atoms with Crippen molar-refractivity contribution in [2.75, 3.05) is 7.05 Å². The molecule has 21 heavy (non-hydrogen) atoms. The molecule has 0 fully saturated rings. The lowest BCUT2D eigenvalue weighted by atomic mass is 10.2. The van der Waals surface area contributed by atoms with E-state index in [0.29, 0.717) is 0 Å². The molecule has 7 heteroatoms. The number of benzene rings is 1. The third-order valence-corrected chi connectivity index (χ3v) is 4.90. The van der Waals surface area contributed by atoms with Crippen molar-refractivity contribution in [2.45, 2.75) is 17.9 Å². The van der Waals surface area contributed by atoms with Crippen molar-refractivity contribution in [3.8, 4) is 6.07 Å². The molecule has 1 aromatic heterocycles. The molecule has 1 aromatic carbocycles. The van der Waals surface area contributed by atoms with Crippen molar-refractivity contribution in [2.24, 2.45) is 7.05 Å². The molecule has 0 saturated heterocycles. The first-order valence-corrected chi connectivity index (χ1v) is 7.77. The summed E-state index contributed by atoms with van der Waals surface area (Å²) in [5.41, 5.74) is 1.62. The van der Waals surface area contributed by atoms with Gasteiger partial charge in [-0.15, -0.1) is 0 Å². The highest BCUT2D eigenvalue weighted by atomic mass is 32.2. The molecule has 110 valence electrons. The highest BCUT2D eigenvalue weighted by Crippen LogP contribution is 2.17. The van der Waals surface area contributed by atoms with Gasteiger partial charge in [-0.3, -0.25) is 4.68 Å². The topological polar surface area (TPSA) is 79.0 Å². The number of aryl methyl sites for hydroxylation is 1. The standard InChI is InChI=1S/C14H16N4O2S/c1-17-10-13(9-16-17)11-18(2)21(19,20)14-5-3-12(4-6-14)7-8-15/h3-6,9-10H,7,11H2,1-2H3. The molecule has 0 aliphatic rings. The van der Waals surface area contributed by atoms with Crippen LogP contribution in [0, 0.1) is 11.3 Å². The summed E-state index contributed by atoms with van der Waals surface area (Å²) in [6.07, 6.45) is 3.69. The number of nitrogens with zero attached hydrogens (tertiary/aromatic N) is 4. The Kier molecular flexibility index (Phi) is 4.40. The summed E-state index contributed by atoms with van der Waals surface area (Å²) in [5.74, 6) is 0. The van der Waals surface area contributed by atoms with Crippen LogP contribution in [0.25, 0.3) is 0 Å². The average Bonchev–Trinajstić information content (AvgIpc) is 2.85. The molecule has 0 radical (unpaired) electrons. The first-order chi connectivity index (χ1) is 9.93. The van der Waals surface area contributed by atoms with Crippen molar-refractivity contribution >= 4 is 10.0 Å². The molecule has 1 heterocycles. The molecule has 0 N–H and O–H groups in total. The minimum Gasteiger partial charge on any atom is -0.275 e. The summed E-state index contributed by atoms with van der Waals surface area (Å²) in [5, 5.41) is 12.6. The summed E-state index contributed by atoms with van der Waals surface area (Å²) in [4.78, 5) is 0.218. The number of hydrogen-bond acceptors (Lipinski definition) is 4. The van der Waals surface area contributed by atoms with Crippen LogP contribution >= 0.6 is 0 Å². The molecule has 0 amide bonds. The van der Waals surface area contributed by atoms with Gasteiger partial charge < -0.3 is 0 Å². The van der Waals surface area contributed by atoms with E-state index in [0.717, 1.165) is 11.1 Å². The van der Waals surface area contributed by atoms with Gasteiger partial charge in [0, 0.05) is 32.4 Å². The van der Waals surface area contributed by atoms with E-state index in [1.54, 1.807) is 36.3 Å². The van der Waals surface area contributed by atoms with E-state index in [1.807, 2.05) is 6.07 Å². The van der Waals surface area contributed by atoms with E-state index in [2.05, 4.69) is 5.10 Å². The van der Waals surface area contributed by atoms with Gasteiger partial charge in [-0.25, -0.2) is 8.42 Å². The van der Waals surface area contributed by atoms with Gasteiger partial charge in [-0.1, -0.05) is 12.1 Å². The summed E-state index contributed by atoms with van der Waals surface area (Å²) in [7, 11) is -0.229. The van der Waals surface area contributed by atoms with Crippen LogP contribution in [0.15, 0.2) is 41.6 Å². The second-order valence-corrected chi connectivity index (χ2v) is 6.81. The number of sulfonamides is 1. The Morgan fingerprint density at radius 2 is 1.95 bits per heavy atom. The molecule has 0 aliphatic carbocycles. The third-order valence-electron chi connectivity index (χ3n) is 3.08. The predicted octanol–water partition coefficient (Wildman–Crippen LogP) is 1.31. The maximum absolute atomic E-state index is 12.4. The zero-order valence-electron chi connectivity index (χ0n) is 11.9. The van der Waals surface area contributed by atoms with Crippen LogP contribution in [0.4, 0.5) is 0 Å². The van der Waals surface area contributed by atoms with E-state index >= 15 is 0 Å². The monoisotopic (exact) mass is 304 g/mol. The Balaban J connectivity index is 2.18. The molecule has 0 bridgehead atoms. The summed E-state index contributed by atoms with van der Waals surface area (Å²) >= 11 is 0. The highest BCUT2D eigenvalue weighted by molar-refractivity contribution is 7.89. The van der Waals surface area contributed by atoms with Crippen LogP contribution in [0.3, 0.4) is 0 Å². The molecule has 0 aliphatic heterocycles. The molecule has 0 atom stereocenters. The second kappa shape index (κ2) is 6.08. The van der Waals surface area contributed by atoms with Gasteiger partial charge in [0.05, 0.1) is 23.6 Å². The molecular weight excluding hydrogens is 288 g/mol. The number of nitriles is 1. The number of aromatic nitrogens is 2. The zero-order chi connectivity index (χ0) is 15.5. The van der Waals surface area contributed by atoms with Gasteiger partial charge in [0.2, 0.25) is 10.0 Å². The fourth-order valence-electron chi connectivity index (χ4n) is 1.95. The smallest absolute Gasteiger partial charge is 0.243 e. The molecule has 0 spiro atoms. The Labute approximate surface area is 124 Å². The van der Waals surface area contributed by atoms with Crippen LogP contribution in [0.2, 0.25) is 0 Å². The van der Waals surface area contributed by atoms with Crippen molar-refractivity contribution < 1.29 is 8.42 Å². The van der Waals surface area contributed by atoms with E-state index in [4.69, 9.17) is 5.26 Å². The van der Waals surface area contributed by atoms with Crippen LogP contribution in [-0.4, -0.2) is 29.6 Å². The van der Waals surface area contributed by atoms with Crippen molar-refractivity contribution in [1.29, 1.82) is 5.26 Å². The van der Waals surface area contributed by atoms with E-state index in [1.165, 1.54) is 23.5 Å². The zero-order valence-corrected chi connectivity index (χ0v) is 12.7. The number of hydrogen-bond donors (Lipinski definition) is 0. The molecule has 2 aromatic rings. The summed E-state index contributed by atoms with van der Waals surface area (Å²) in [6, 6.07) is 8.41. The summed E-state index contributed by atoms with van der Waals surface area (Å²) < 4.78 is 27.8. The predicted molar refractivity (Wildman–Crippen MR) is 77.6 cm³/mol. The van der Waals surface area contributed by atoms with E-state index < -0.39 is 10.0 Å². The molecular formula is C14H16N4O2S. The summed E-state index contributed by atoms with van der Waals surface area (Å²) in [6.45, 7) is 0.260. The van der Waals surface area contributed by atoms with Gasteiger partial charge in [0.15, 0.2) is 0 Å². The lowest BCUT2D eigenvalue weighted by molar-refractivity contribution is 0.466. The largest absolute Gasteiger partial charge is 0.275 e. The molecule has 0 saturated carbocycles. The maximum Gasteiger partial charge on any atom is 0.243 e. The Hall–Kier alpha value is -2.17. The quantitative estimate of drug-likeness (QED) is 0.834. The van der Waals surface area contributed by atoms with E-state index in [-0.39, 0.29) is 17.9 Å². The van der Waals surface area contributed by atoms with Gasteiger partial charge in [0.1, 0.15) is 0 Å². The minimum atomic E-state index is -3.55.